The summed E-state index contributed by atoms with van der Waals surface area (Å²) in [5, 5.41) is 20.6. The minimum atomic E-state index is -1.38. The summed E-state index contributed by atoms with van der Waals surface area (Å²) in [7, 11) is 0. The predicted octanol–water partition coefficient (Wildman–Crippen LogP) is -0.581. The second-order valence-electron chi connectivity index (χ2n) is 2.63. The van der Waals surface area contributed by atoms with Crippen LogP contribution in [-0.2, 0) is 4.79 Å². The van der Waals surface area contributed by atoms with E-state index in [-0.39, 0.29) is 5.92 Å². The van der Waals surface area contributed by atoms with Crippen LogP contribution < -0.4 is 10.4 Å². The van der Waals surface area contributed by atoms with Gasteiger partial charge in [0, 0.05) is 0 Å². The Balaban J connectivity index is 4.22. The molecule has 70 valence electrons. The first-order valence-electron chi connectivity index (χ1n) is 3.69. The fourth-order valence-corrected chi connectivity index (χ4v) is 0.802. The van der Waals surface area contributed by atoms with Crippen LogP contribution in [0.5, 0.6) is 0 Å². The Labute approximate surface area is 70.4 Å². The van der Waals surface area contributed by atoms with Crippen LogP contribution in [0.2, 0.25) is 0 Å². The maximum atomic E-state index is 10.4. The summed E-state index contributed by atoms with van der Waals surface area (Å²) in [6, 6.07) is -1.12. The maximum absolute atomic E-state index is 10.4. The lowest BCUT2D eigenvalue weighted by Gasteiger charge is -2.23. The Hall–Kier alpha value is -1.26. The van der Waals surface area contributed by atoms with Gasteiger partial charge in [0.25, 0.3) is 0 Å². The van der Waals surface area contributed by atoms with Crippen molar-refractivity contribution >= 4 is 12.1 Å². The lowest BCUT2D eigenvalue weighted by atomic mass is 10.00. The quantitative estimate of drug-likeness (QED) is 0.596. The number of hydrogen-bond acceptors (Lipinski definition) is 3. The number of nitrogens with one attached hydrogen (secondary N) is 1. The zero-order chi connectivity index (χ0) is 9.72. The van der Waals surface area contributed by atoms with Gasteiger partial charge in [-0.15, -0.1) is 0 Å². The highest BCUT2D eigenvalue weighted by molar-refractivity contribution is 5.77. The molecule has 0 aliphatic carbocycles. The molecular weight excluding hydrogens is 162 g/mol. The van der Waals surface area contributed by atoms with Crippen molar-refractivity contribution < 1.29 is 19.8 Å². The molecule has 0 aliphatic rings. The van der Waals surface area contributed by atoms with Gasteiger partial charge in [-0.3, -0.25) is 0 Å². The molecule has 0 bridgehead atoms. The fourth-order valence-electron chi connectivity index (χ4n) is 0.802. The molecule has 0 aromatic carbocycles. The number of carboxylic acids is 1. The van der Waals surface area contributed by atoms with Crippen LogP contribution in [0.4, 0.5) is 4.79 Å². The van der Waals surface area contributed by atoms with Crippen molar-refractivity contribution in [2.24, 2.45) is 5.92 Å². The minimum absolute atomic E-state index is 0.258. The molecule has 0 heterocycles. The van der Waals surface area contributed by atoms with E-state index in [1.807, 2.05) is 5.32 Å². The number of aliphatic carboxylic acids is 1. The van der Waals surface area contributed by atoms with Gasteiger partial charge < -0.3 is 20.3 Å². The second-order valence-corrected chi connectivity index (χ2v) is 2.63. The van der Waals surface area contributed by atoms with Crippen LogP contribution in [0, 0.1) is 5.92 Å². The van der Waals surface area contributed by atoms with E-state index in [0.717, 1.165) is 0 Å². The minimum Gasteiger partial charge on any atom is -0.548 e. The normalized spacial score (nSPS) is 14.8. The zero-order valence-corrected chi connectivity index (χ0v) is 7.03. The van der Waals surface area contributed by atoms with Crippen molar-refractivity contribution in [2.75, 3.05) is 0 Å². The Kier molecular flexibility index (Phi) is 4.10. The van der Waals surface area contributed by atoms with Crippen LogP contribution in [0.1, 0.15) is 20.3 Å². The molecule has 5 heteroatoms. The zero-order valence-electron chi connectivity index (χ0n) is 7.03. The summed E-state index contributed by atoms with van der Waals surface area (Å²) in [6.45, 7) is 3.43. The van der Waals surface area contributed by atoms with E-state index in [2.05, 4.69) is 0 Å². The Bertz CT molecular complexity index is 180. The van der Waals surface area contributed by atoms with Gasteiger partial charge in [-0.05, 0) is 5.92 Å². The molecule has 0 aromatic rings. The topological polar surface area (TPSA) is 89.5 Å². The summed E-state index contributed by atoms with van der Waals surface area (Å²) in [4.78, 5) is 20.5. The van der Waals surface area contributed by atoms with Crippen molar-refractivity contribution in [3.63, 3.8) is 0 Å². The number of carboxylic acid groups (broad SMARTS) is 2. The first kappa shape index (κ1) is 10.7. The molecule has 0 saturated heterocycles. The molecule has 0 rings (SSSR count). The molecule has 0 spiro atoms. The number of hydrogen-bond donors (Lipinski definition) is 2. The van der Waals surface area contributed by atoms with Gasteiger partial charge in [-0.1, -0.05) is 20.3 Å². The first-order chi connectivity index (χ1) is 5.49. The Morgan fingerprint density at radius 2 is 2.08 bits per heavy atom. The number of carbonyl (C=O) groups excluding carboxylic acids is 1. The molecule has 5 nitrogen and oxygen atoms in total. The molecule has 0 aliphatic heterocycles. The van der Waals surface area contributed by atoms with Gasteiger partial charge in [-0.2, -0.15) is 0 Å². The SMILES string of the molecule is CCC(C)[C@H](NC(=O)O)C(=O)[O-]. The molecule has 0 radical (unpaired) electrons. The lowest BCUT2D eigenvalue weighted by Crippen LogP contribution is -2.50. The van der Waals surface area contributed by atoms with Gasteiger partial charge in [0.1, 0.15) is 0 Å². The van der Waals surface area contributed by atoms with Crippen molar-refractivity contribution in [1.29, 1.82) is 0 Å². The molecule has 1 amide bonds. The van der Waals surface area contributed by atoms with E-state index < -0.39 is 18.1 Å². The molecule has 0 fully saturated rings. The highest BCUT2D eigenvalue weighted by Crippen LogP contribution is 2.06. The molecule has 0 saturated carbocycles. The molecule has 12 heavy (non-hydrogen) atoms. The van der Waals surface area contributed by atoms with E-state index in [4.69, 9.17) is 5.11 Å². The number of amides is 1. The second kappa shape index (κ2) is 4.58. The van der Waals surface area contributed by atoms with E-state index in [9.17, 15) is 14.7 Å². The van der Waals surface area contributed by atoms with Crippen LogP contribution in [-0.4, -0.2) is 23.2 Å². The summed E-state index contributed by atoms with van der Waals surface area (Å²) < 4.78 is 0. The average molecular weight is 174 g/mol. The summed E-state index contributed by atoms with van der Waals surface area (Å²) in [6.07, 6.45) is -0.761. The van der Waals surface area contributed by atoms with Gasteiger partial charge in [0.05, 0.1) is 12.0 Å². The van der Waals surface area contributed by atoms with Gasteiger partial charge in [0.2, 0.25) is 0 Å². The maximum Gasteiger partial charge on any atom is 0.405 e. The van der Waals surface area contributed by atoms with Crippen molar-refractivity contribution in [3.8, 4) is 0 Å². The van der Waals surface area contributed by atoms with Crippen LogP contribution in [0.25, 0.3) is 0 Å². The van der Waals surface area contributed by atoms with Gasteiger partial charge in [-0.25, -0.2) is 4.79 Å². The fraction of sp³-hybridized carbons (Fsp3) is 0.714. The molecule has 0 aromatic heterocycles. The monoisotopic (exact) mass is 174 g/mol. The average Bonchev–Trinajstić information content (AvgIpc) is 1.98. The van der Waals surface area contributed by atoms with E-state index in [0.29, 0.717) is 6.42 Å². The van der Waals surface area contributed by atoms with Crippen molar-refractivity contribution in [1.82, 2.24) is 5.32 Å². The summed E-state index contributed by atoms with van der Waals surface area (Å²) in [5.74, 6) is -1.64. The third-order valence-electron chi connectivity index (χ3n) is 1.75. The Morgan fingerprint density at radius 3 is 2.33 bits per heavy atom. The van der Waals surface area contributed by atoms with E-state index >= 15 is 0 Å². The molecule has 2 atom stereocenters. The number of carbonyl (C=O) groups is 2. The predicted molar refractivity (Wildman–Crippen MR) is 39.4 cm³/mol. The first-order valence-corrected chi connectivity index (χ1v) is 3.69. The van der Waals surface area contributed by atoms with Gasteiger partial charge >= 0.3 is 6.09 Å². The van der Waals surface area contributed by atoms with E-state index in [1.165, 1.54) is 0 Å². The molecule has 2 N–H and O–H groups in total. The smallest absolute Gasteiger partial charge is 0.405 e. The highest BCUT2D eigenvalue weighted by Gasteiger charge is 2.18. The third kappa shape index (κ3) is 3.23. The third-order valence-corrected chi connectivity index (χ3v) is 1.75. The highest BCUT2D eigenvalue weighted by atomic mass is 16.4. The lowest BCUT2D eigenvalue weighted by molar-refractivity contribution is -0.309. The summed E-state index contributed by atoms with van der Waals surface area (Å²) in [5.41, 5.74) is 0. The molecular formula is C7H12NO4-. The number of rotatable bonds is 4. The van der Waals surface area contributed by atoms with Crippen molar-refractivity contribution in [3.05, 3.63) is 0 Å². The van der Waals surface area contributed by atoms with Crippen LogP contribution >= 0.6 is 0 Å². The molecule has 1 unspecified atom stereocenters. The van der Waals surface area contributed by atoms with E-state index in [1.54, 1.807) is 13.8 Å². The Morgan fingerprint density at radius 1 is 1.58 bits per heavy atom. The largest absolute Gasteiger partial charge is 0.548 e. The van der Waals surface area contributed by atoms with Crippen LogP contribution in [0.15, 0.2) is 0 Å². The summed E-state index contributed by atoms with van der Waals surface area (Å²) >= 11 is 0. The standard InChI is InChI=1S/C7H13NO4/c1-3-4(2)5(6(9)10)8-7(11)12/h4-5,8H,3H2,1-2H3,(H,9,10)(H,11,12)/p-1/t4?,5-/m0/s1. The van der Waals surface area contributed by atoms with Crippen LogP contribution in [0.3, 0.4) is 0 Å². The van der Waals surface area contributed by atoms with Gasteiger partial charge in [0.15, 0.2) is 0 Å². The van der Waals surface area contributed by atoms with Crippen molar-refractivity contribution in [2.45, 2.75) is 26.3 Å².